The van der Waals surface area contributed by atoms with Gasteiger partial charge in [0.25, 0.3) is 0 Å². The second-order valence-corrected chi connectivity index (χ2v) is 6.23. The Balaban J connectivity index is 2.47. The molecule has 22 heavy (non-hydrogen) atoms. The molecule has 0 radical (unpaired) electrons. The molecule has 7 nitrogen and oxygen atoms in total. The Morgan fingerprint density at radius 2 is 1.86 bits per heavy atom. The number of benzene rings is 1. The summed E-state index contributed by atoms with van der Waals surface area (Å²) in [5, 5.41) is 7.52. The molecule has 0 aliphatic rings. The first-order valence-electron chi connectivity index (χ1n) is 6.79. The van der Waals surface area contributed by atoms with Crippen molar-refractivity contribution in [1.82, 2.24) is 24.7 Å². The van der Waals surface area contributed by atoms with Crippen LogP contribution in [0.15, 0.2) is 31.9 Å². The van der Waals surface area contributed by atoms with Crippen LogP contribution in [0.25, 0.3) is 5.69 Å². The van der Waals surface area contributed by atoms with Crippen LogP contribution in [0.1, 0.15) is 20.3 Å². The number of halogens is 2. The van der Waals surface area contributed by atoms with Crippen molar-refractivity contribution in [2.45, 2.75) is 20.3 Å². The van der Waals surface area contributed by atoms with Gasteiger partial charge in [-0.2, -0.15) is 4.68 Å². The van der Waals surface area contributed by atoms with Crippen molar-refractivity contribution < 1.29 is 4.79 Å². The number of carbonyl (C=O) groups is 1. The van der Waals surface area contributed by atoms with Crippen LogP contribution in [0.4, 0.5) is 4.79 Å². The molecule has 0 saturated heterocycles. The molecule has 0 spiro atoms. The molecule has 0 bridgehead atoms. The zero-order chi connectivity index (χ0) is 16.3. The highest BCUT2D eigenvalue weighted by molar-refractivity contribution is 9.11. The third-order valence-electron chi connectivity index (χ3n) is 3.06. The first-order valence-corrected chi connectivity index (χ1v) is 8.38. The van der Waals surface area contributed by atoms with Gasteiger partial charge in [-0.05, 0) is 67.8 Å². The van der Waals surface area contributed by atoms with E-state index in [1.54, 1.807) is 17.0 Å². The molecule has 0 unspecified atom stereocenters. The zero-order valence-electron chi connectivity index (χ0n) is 12.2. The van der Waals surface area contributed by atoms with E-state index in [-0.39, 0.29) is 0 Å². The summed E-state index contributed by atoms with van der Waals surface area (Å²) in [6.07, 6.45) is 0.804. The van der Waals surface area contributed by atoms with Gasteiger partial charge in [0, 0.05) is 22.0 Å². The highest BCUT2D eigenvalue weighted by Gasteiger charge is 2.21. The van der Waals surface area contributed by atoms with Crippen LogP contribution < -0.4 is 5.69 Å². The minimum absolute atomic E-state index is 0.469. The second kappa shape index (κ2) is 7.19. The third-order valence-corrected chi connectivity index (χ3v) is 4.34. The molecule has 0 fully saturated rings. The second-order valence-electron chi connectivity index (χ2n) is 4.52. The van der Waals surface area contributed by atoms with Crippen LogP contribution >= 0.6 is 31.9 Å². The molecule has 1 heterocycles. The number of hydrogen-bond acceptors (Lipinski definition) is 4. The number of rotatable bonds is 4. The Morgan fingerprint density at radius 1 is 1.23 bits per heavy atom. The average Bonchev–Trinajstić information content (AvgIpc) is 2.86. The van der Waals surface area contributed by atoms with Gasteiger partial charge in [0.05, 0.1) is 0 Å². The molecule has 1 aromatic heterocycles. The molecule has 2 rings (SSSR count). The monoisotopic (exact) mass is 431 g/mol. The number of tetrazole rings is 1. The van der Waals surface area contributed by atoms with Crippen molar-refractivity contribution in [1.29, 1.82) is 0 Å². The van der Waals surface area contributed by atoms with E-state index < -0.39 is 11.7 Å². The van der Waals surface area contributed by atoms with Crippen LogP contribution in [-0.4, -0.2) is 43.8 Å². The number of nitrogens with zero attached hydrogens (tertiary/aromatic N) is 5. The lowest BCUT2D eigenvalue weighted by Gasteiger charge is -2.18. The summed E-state index contributed by atoms with van der Waals surface area (Å²) >= 11 is 6.74. The van der Waals surface area contributed by atoms with Crippen LogP contribution in [0.5, 0.6) is 0 Å². The normalized spacial score (nSPS) is 10.7. The SMILES string of the molecule is CCCN(CC)C(=O)n1nnn(-c2c(Br)cccc2Br)c1=O. The molecule has 9 heteroatoms. The highest BCUT2D eigenvalue weighted by atomic mass is 79.9. The molecule has 0 N–H and O–H groups in total. The Labute approximate surface area is 144 Å². The van der Waals surface area contributed by atoms with Gasteiger partial charge < -0.3 is 4.90 Å². The molecule has 118 valence electrons. The number of amides is 1. The topological polar surface area (TPSA) is 73.0 Å². The first-order chi connectivity index (χ1) is 10.5. The molecule has 1 aromatic carbocycles. The Morgan fingerprint density at radius 3 is 2.41 bits per heavy atom. The van der Waals surface area contributed by atoms with E-state index in [9.17, 15) is 9.59 Å². The quantitative estimate of drug-likeness (QED) is 0.696. The lowest BCUT2D eigenvalue weighted by Crippen LogP contribution is -2.41. The standard InChI is InChI=1S/C13H15Br2N5O2/c1-3-8-18(4-2)12(21)20-13(22)19(16-17-20)11-9(14)6-5-7-10(11)15/h5-7H,3-4,8H2,1-2H3. The molecule has 0 aliphatic carbocycles. The summed E-state index contributed by atoms with van der Waals surface area (Å²) < 4.78 is 3.21. The summed E-state index contributed by atoms with van der Waals surface area (Å²) in [7, 11) is 0. The van der Waals surface area contributed by atoms with Crippen LogP contribution in [0.2, 0.25) is 0 Å². The molecular formula is C13H15Br2N5O2. The van der Waals surface area contributed by atoms with E-state index in [4.69, 9.17) is 0 Å². The third kappa shape index (κ3) is 3.14. The van der Waals surface area contributed by atoms with E-state index in [0.29, 0.717) is 27.7 Å². The number of para-hydroxylation sites is 1. The van der Waals surface area contributed by atoms with Gasteiger partial charge in [-0.25, -0.2) is 9.59 Å². The summed E-state index contributed by atoms with van der Waals surface area (Å²) in [6.45, 7) is 4.89. The Hall–Kier alpha value is -1.48. The van der Waals surface area contributed by atoms with E-state index in [0.717, 1.165) is 15.8 Å². The summed E-state index contributed by atoms with van der Waals surface area (Å²) in [5.74, 6) is 0. The molecule has 1 amide bonds. The van der Waals surface area contributed by atoms with E-state index >= 15 is 0 Å². The smallest absolute Gasteiger partial charge is 0.323 e. The van der Waals surface area contributed by atoms with E-state index in [2.05, 4.69) is 42.3 Å². The van der Waals surface area contributed by atoms with Crippen molar-refractivity contribution in [2.24, 2.45) is 0 Å². The fourth-order valence-electron chi connectivity index (χ4n) is 1.99. The molecule has 0 saturated carbocycles. The summed E-state index contributed by atoms with van der Waals surface area (Å²) in [4.78, 5) is 26.4. The minimum Gasteiger partial charge on any atom is -0.323 e. The van der Waals surface area contributed by atoms with Crippen molar-refractivity contribution in [3.8, 4) is 5.69 Å². The largest absolute Gasteiger partial charge is 0.377 e. The predicted molar refractivity (Wildman–Crippen MR) is 89.4 cm³/mol. The lowest BCUT2D eigenvalue weighted by atomic mass is 10.3. The Bertz CT molecular complexity index is 720. The maximum absolute atomic E-state index is 12.5. The summed E-state index contributed by atoms with van der Waals surface area (Å²) in [5.41, 5.74) is -0.0998. The highest BCUT2D eigenvalue weighted by Crippen LogP contribution is 2.27. The van der Waals surface area contributed by atoms with Gasteiger partial charge >= 0.3 is 11.7 Å². The minimum atomic E-state index is -0.604. The van der Waals surface area contributed by atoms with Crippen LogP contribution in [0, 0.1) is 0 Å². The fraction of sp³-hybridized carbons (Fsp3) is 0.385. The van der Waals surface area contributed by atoms with Gasteiger partial charge in [0.1, 0.15) is 5.69 Å². The van der Waals surface area contributed by atoms with Gasteiger partial charge in [-0.15, -0.1) is 4.68 Å². The predicted octanol–water partition coefficient (Wildman–Crippen LogP) is 2.65. The lowest BCUT2D eigenvalue weighted by molar-refractivity contribution is 0.197. The average molecular weight is 433 g/mol. The number of aromatic nitrogens is 4. The van der Waals surface area contributed by atoms with E-state index in [1.165, 1.54) is 0 Å². The van der Waals surface area contributed by atoms with Crippen molar-refractivity contribution in [3.63, 3.8) is 0 Å². The summed E-state index contributed by atoms with van der Waals surface area (Å²) in [6, 6.07) is 4.91. The molecule has 2 aromatic rings. The number of hydrogen-bond donors (Lipinski definition) is 0. The van der Waals surface area contributed by atoms with Crippen molar-refractivity contribution in [2.75, 3.05) is 13.1 Å². The van der Waals surface area contributed by atoms with Crippen molar-refractivity contribution in [3.05, 3.63) is 37.6 Å². The first kappa shape index (κ1) is 16.9. The van der Waals surface area contributed by atoms with Gasteiger partial charge in [-0.1, -0.05) is 13.0 Å². The molecule has 0 atom stereocenters. The maximum Gasteiger partial charge on any atom is 0.377 e. The van der Waals surface area contributed by atoms with Gasteiger partial charge in [-0.3, -0.25) is 0 Å². The van der Waals surface area contributed by atoms with Gasteiger partial charge in [0.15, 0.2) is 0 Å². The fourth-order valence-corrected chi connectivity index (χ4v) is 3.33. The molecular weight excluding hydrogens is 418 g/mol. The van der Waals surface area contributed by atoms with Crippen LogP contribution in [-0.2, 0) is 0 Å². The van der Waals surface area contributed by atoms with Crippen LogP contribution in [0.3, 0.4) is 0 Å². The number of carbonyl (C=O) groups excluding carboxylic acids is 1. The molecule has 0 aliphatic heterocycles. The Kier molecular flexibility index (Phi) is 5.52. The van der Waals surface area contributed by atoms with E-state index in [1.807, 2.05) is 19.9 Å². The zero-order valence-corrected chi connectivity index (χ0v) is 15.3. The maximum atomic E-state index is 12.5. The van der Waals surface area contributed by atoms with Crippen molar-refractivity contribution >= 4 is 37.9 Å². The van der Waals surface area contributed by atoms with Gasteiger partial charge in [0.2, 0.25) is 0 Å².